The lowest BCUT2D eigenvalue weighted by Gasteiger charge is -2.49. The van der Waals surface area contributed by atoms with Gasteiger partial charge >= 0.3 is 0 Å². The Morgan fingerprint density at radius 3 is 1.47 bits per heavy atom. The Bertz CT molecular complexity index is 350. The van der Waals surface area contributed by atoms with Crippen molar-refractivity contribution in [1.82, 2.24) is 0 Å². The molecule has 0 saturated heterocycles. The molecule has 0 radical (unpaired) electrons. The molecule has 0 aromatic heterocycles. The molecule has 5 aliphatic rings. The van der Waals surface area contributed by atoms with Crippen LogP contribution in [-0.4, -0.2) is 11.8 Å². The quantitative estimate of drug-likeness (QED) is 0.548. The summed E-state index contributed by atoms with van der Waals surface area (Å²) in [7, 11) is 0. The molecule has 5 saturated carbocycles. The van der Waals surface area contributed by atoms with Gasteiger partial charge in [0, 0.05) is 23.7 Å². The minimum absolute atomic E-state index is 0.0374. The molecule has 4 heteroatoms. The zero-order valence-corrected chi connectivity index (χ0v) is 7.84. The van der Waals surface area contributed by atoms with E-state index in [0.29, 0.717) is 6.42 Å². The number of halogens is 4. The summed E-state index contributed by atoms with van der Waals surface area (Å²) in [4.78, 5) is 0. The summed E-state index contributed by atoms with van der Waals surface area (Å²) in [6.07, 6.45) is 0.669. The van der Waals surface area contributed by atoms with E-state index in [-0.39, 0.29) is 23.7 Å². The molecule has 0 unspecified atom stereocenters. The van der Waals surface area contributed by atoms with E-state index in [2.05, 4.69) is 0 Å². The van der Waals surface area contributed by atoms with Gasteiger partial charge in [-0.15, -0.1) is 0 Å². The third-order valence-electron chi connectivity index (χ3n) is 6.28. The first-order chi connectivity index (χ1) is 6.97. The highest BCUT2D eigenvalue weighted by Gasteiger charge is 2.93. The topological polar surface area (TPSA) is 0 Å². The van der Waals surface area contributed by atoms with Gasteiger partial charge in [0.15, 0.2) is 0 Å². The van der Waals surface area contributed by atoms with E-state index >= 15 is 0 Å². The van der Waals surface area contributed by atoms with Gasteiger partial charge in [0.2, 0.25) is 0 Å². The van der Waals surface area contributed by atoms with E-state index in [9.17, 15) is 17.6 Å². The van der Waals surface area contributed by atoms with Crippen LogP contribution in [0, 0.1) is 47.3 Å². The molecule has 8 atom stereocenters. The molecule has 15 heavy (non-hydrogen) atoms. The lowest BCUT2D eigenvalue weighted by Crippen LogP contribution is -2.57. The van der Waals surface area contributed by atoms with Crippen molar-refractivity contribution in [3.05, 3.63) is 0 Å². The predicted molar refractivity (Wildman–Crippen MR) is 42.4 cm³/mol. The van der Waals surface area contributed by atoms with Crippen molar-refractivity contribution in [1.29, 1.82) is 0 Å². The molecule has 0 heterocycles. The highest BCUT2D eigenvalue weighted by atomic mass is 19.3. The minimum atomic E-state index is -2.77. The molecule has 0 nitrogen and oxygen atoms in total. The Morgan fingerprint density at radius 2 is 1.07 bits per heavy atom. The normalized spacial score (nSPS) is 72.8. The van der Waals surface area contributed by atoms with Crippen LogP contribution in [0.4, 0.5) is 17.6 Å². The van der Waals surface area contributed by atoms with Crippen LogP contribution in [-0.2, 0) is 0 Å². The molecule has 0 aliphatic heterocycles. The first kappa shape index (κ1) is 7.91. The average molecular weight is 218 g/mol. The van der Waals surface area contributed by atoms with Gasteiger partial charge in [0.05, 0.1) is 0 Å². The van der Waals surface area contributed by atoms with Crippen molar-refractivity contribution in [2.24, 2.45) is 47.3 Å². The van der Waals surface area contributed by atoms with Gasteiger partial charge < -0.3 is 0 Å². The number of hydrogen-bond acceptors (Lipinski definition) is 0. The Labute approximate surface area is 84.0 Å². The maximum Gasteiger partial charge on any atom is 0.255 e. The number of fused-ring (bicyclic) bond motifs is 2. The van der Waals surface area contributed by atoms with Crippen molar-refractivity contribution in [3.63, 3.8) is 0 Å². The summed E-state index contributed by atoms with van der Waals surface area (Å²) in [5.74, 6) is -9.60. The first-order valence-electron chi connectivity index (χ1n) is 5.73. The first-order valence-corrected chi connectivity index (χ1v) is 5.73. The minimum Gasteiger partial charge on any atom is -0.206 e. The fourth-order valence-corrected chi connectivity index (χ4v) is 6.33. The van der Waals surface area contributed by atoms with Gasteiger partial charge in [-0.2, -0.15) is 0 Å². The van der Waals surface area contributed by atoms with E-state index in [0.717, 1.165) is 0 Å². The van der Waals surface area contributed by atoms with Crippen LogP contribution < -0.4 is 0 Å². The molecule has 82 valence electrons. The summed E-state index contributed by atoms with van der Waals surface area (Å²) >= 11 is 0. The lowest BCUT2D eigenvalue weighted by molar-refractivity contribution is -0.250. The molecule has 5 aliphatic carbocycles. The van der Waals surface area contributed by atoms with Crippen molar-refractivity contribution in [3.8, 4) is 0 Å². The van der Waals surface area contributed by atoms with E-state index in [1.807, 2.05) is 0 Å². The predicted octanol–water partition coefficient (Wildman–Crippen LogP) is 2.64. The summed E-state index contributed by atoms with van der Waals surface area (Å²) in [5, 5.41) is 0. The molecular weight excluding hydrogens is 208 g/mol. The third kappa shape index (κ3) is 0.464. The van der Waals surface area contributed by atoms with Crippen molar-refractivity contribution in [2.45, 2.75) is 18.3 Å². The Morgan fingerprint density at radius 1 is 0.667 bits per heavy atom. The molecule has 0 aromatic carbocycles. The fraction of sp³-hybridized carbons (Fsp3) is 1.00. The second kappa shape index (κ2) is 1.65. The van der Waals surface area contributed by atoms with Gasteiger partial charge in [-0.1, -0.05) is 0 Å². The van der Waals surface area contributed by atoms with E-state index in [1.54, 1.807) is 0 Å². The summed E-state index contributed by atoms with van der Waals surface area (Å²) in [5.41, 5.74) is 0. The second-order valence-electron chi connectivity index (χ2n) is 6.17. The standard InChI is InChI=1S/C11H10F4/c12-10(13)6-2-1-3-5-4(2)8(10)9(5)11(14,15)7(3)6/h2-9H,1H2/t2-,3-,4+,5+,6-,7+,8-,9+/m0/s1. The van der Waals surface area contributed by atoms with Gasteiger partial charge in [0.1, 0.15) is 0 Å². The smallest absolute Gasteiger partial charge is 0.206 e. The fourth-order valence-electron chi connectivity index (χ4n) is 6.33. The molecule has 5 rings (SSSR count). The lowest BCUT2D eigenvalue weighted by atomic mass is 9.58. The van der Waals surface area contributed by atoms with Gasteiger partial charge in [0.25, 0.3) is 11.8 Å². The van der Waals surface area contributed by atoms with Crippen LogP contribution in [0.5, 0.6) is 0 Å². The molecule has 0 N–H and O–H groups in total. The number of rotatable bonds is 0. The Hall–Kier alpha value is -0.280. The summed E-state index contributed by atoms with van der Waals surface area (Å²) < 4.78 is 55.6. The number of hydrogen-bond donors (Lipinski definition) is 0. The van der Waals surface area contributed by atoms with Crippen LogP contribution in [0.1, 0.15) is 6.42 Å². The largest absolute Gasteiger partial charge is 0.255 e. The van der Waals surface area contributed by atoms with E-state index in [1.165, 1.54) is 0 Å². The molecule has 2 bridgehead atoms. The molecule has 5 fully saturated rings. The SMILES string of the molecule is FC1(F)[C@@H]2[C@H]3C[C@H]4[C@@H]5[C@@H]3[C@@H]1[C@H]5C(F)(F)[C@@H]42. The van der Waals surface area contributed by atoms with E-state index < -0.39 is 35.5 Å². The summed E-state index contributed by atoms with van der Waals surface area (Å²) in [6, 6.07) is 0. The monoisotopic (exact) mass is 218 g/mol. The highest BCUT2D eigenvalue weighted by molar-refractivity contribution is 5.34. The molecule has 0 spiro atoms. The van der Waals surface area contributed by atoms with Crippen molar-refractivity contribution >= 4 is 0 Å². The van der Waals surface area contributed by atoms with Crippen molar-refractivity contribution in [2.75, 3.05) is 0 Å². The van der Waals surface area contributed by atoms with Gasteiger partial charge in [-0.05, 0) is 30.1 Å². The maximum absolute atomic E-state index is 13.9. The zero-order valence-electron chi connectivity index (χ0n) is 7.84. The Balaban J connectivity index is 1.83. The third-order valence-corrected chi connectivity index (χ3v) is 6.28. The van der Waals surface area contributed by atoms with Crippen molar-refractivity contribution < 1.29 is 17.6 Å². The number of alkyl halides is 4. The van der Waals surface area contributed by atoms with Crippen LogP contribution in [0.15, 0.2) is 0 Å². The van der Waals surface area contributed by atoms with Crippen LogP contribution in [0.2, 0.25) is 0 Å². The average Bonchev–Trinajstić information content (AvgIpc) is 2.52. The zero-order chi connectivity index (χ0) is 10.3. The molecular formula is C11H10F4. The molecule has 0 aromatic rings. The highest BCUT2D eigenvalue weighted by Crippen LogP contribution is 2.89. The second-order valence-corrected chi connectivity index (χ2v) is 6.17. The molecule has 0 amide bonds. The van der Waals surface area contributed by atoms with Crippen LogP contribution in [0.25, 0.3) is 0 Å². The maximum atomic E-state index is 13.9. The summed E-state index contributed by atoms with van der Waals surface area (Å²) in [6.45, 7) is 0. The Kier molecular flexibility index (Phi) is 0.868. The van der Waals surface area contributed by atoms with E-state index in [4.69, 9.17) is 0 Å². The van der Waals surface area contributed by atoms with Crippen LogP contribution >= 0.6 is 0 Å². The van der Waals surface area contributed by atoms with Gasteiger partial charge in [-0.25, -0.2) is 17.6 Å². The van der Waals surface area contributed by atoms with Gasteiger partial charge in [-0.3, -0.25) is 0 Å². The van der Waals surface area contributed by atoms with Crippen LogP contribution in [0.3, 0.4) is 0 Å².